The quantitative estimate of drug-likeness (QED) is 0.390. The van der Waals surface area contributed by atoms with Crippen LogP contribution in [0.4, 0.5) is 31.5 Å². The van der Waals surface area contributed by atoms with Crippen LogP contribution in [0.15, 0.2) is 54.7 Å². The highest BCUT2D eigenvalue weighted by atomic mass is 19.1. The number of morpholine rings is 1. The molecule has 0 bridgehead atoms. The van der Waals surface area contributed by atoms with E-state index >= 15 is 4.39 Å². The van der Waals surface area contributed by atoms with Gasteiger partial charge in [-0.15, -0.1) is 0 Å². The molecule has 9 heteroatoms. The first-order valence-electron chi connectivity index (χ1n) is 11.6. The minimum Gasteiger partial charge on any atom is -0.378 e. The van der Waals surface area contributed by atoms with Gasteiger partial charge in [-0.25, -0.2) is 13.8 Å². The molecule has 36 heavy (non-hydrogen) atoms. The summed E-state index contributed by atoms with van der Waals surface area (Å²) in [5.74, 6) is -1.64. The van der Waals surface area contributed by atoms with Crippen LogP contribution in [0.1, 0.15) is 12.5 Å². The molecule has 0 radical (unpaired) electrons. The van der Waals surface area contributed by atoms with E-state index in [1.165, 1.54) is 13.0 Å². The Morgan fingerprint density at radius 1 is 1.06 bits per heavy atom. The number of fused-ring (bicyclic) bond motifs is 1. The van der Waals surface area contributed by atoms with Crippen molar-refractivity contribution < 1.29 is 18.3 Å². The van der Waals surface area contributed by atoms with Crippen molar-refractivity contribution in [3.05, 3.63) is 71.9 Å². The number of rotatable bonds is 5. The first-order chi connectivity index (χ1) is 17.4. The smallest absolute Gasteiger partial charge is 0.221 e. The fourth-order valence-corrected chi connectivity index (χ4v) is 4.42. The highest BCUT2D eigenvalue weighted by Crippen LogP contribution is 2.38. The van der Waals surface area contributed by atoms with E-state index in [2.05, 4.69) is 25.5 Å². The predicted molar refractivity (Wildman–Crippen MR) is 137 cm³/mol. The number of carbonyl (C=O) groups is 1. The van der Waals surface area contributed by atoms with Gasteiger partial charge in [-0.3, -0.25) is 9.78 Å². The maximum atomic E-state index is 15.1. The van der Waals surface area contributed by atoms with Crippen molar-refractivity contribution in [1.29, 1.82) is 0 Å². The Hall–Kier alpha value is -4.11. The lowest BCUT2D eigenvalue weighted by Gasteiger charge is -2.30. The molecule has 0 aliphatic carbocycles. The second-order valence-electron chi connectivity index (χ2n) is 8.63. The molecule has 2 aromatic heterocycles. The van der Waals surface area contributed by atoms with Gasteiger partial charge in [0.15, 0.2) is 0 Å². The summed E-state index contributed by atoms with van der Waals surface area (Å²) in [7, 11) is 0. The van der Waals surface area contributed by atoms with Crippen molar-refractivity contribution in [1.82, 2.24) is 9.97 Å². The minimum absolute atomic E-state index is 0.173. The average Bonchev–Trinajstić information content (AvgIpc) is 2.86. The van der Waals surface area contributed by atoms with Crippen LogP contribution in [0.3, 0.4) is 0 Å². The van der Waals surface area contributed by atoms with Gasteiger partial charge in [-0.1, -0.05) is 6.07 Å². The normalized spacial score (nSPS) is 13.6. The largest absolute Gasteiger partial charge is 0.378 e. The third-order valence-electron chi connectivity index (χ3n) is 6.04. The SMILES string of the molecule is CC(=O)Nc1cc(Nc2c(C)c(-c3ccccn3)nc3cc(F)cc(F)c23)cc(N2CCOCC2)c1. The Bertz CT molecular complexity index is 1440. The molecule has 1 saturated heterocycles. The summed E-state index contributed by atoms with van der Waals surface area (Å²) in [4.78, 5) is 22.9. The molecule has 0 unspecified atom stereocenters. The molecule has 0 atom stereocenters. The molecule has 2 aromatic carbocycles. The van der Waals surface area contributed by atoms with Gasteiger partial charge in [0.05, 0.1) is 41.2 Å². The molecule has 1 fully saturated rings. The van der Waals surface area contributed by atoms with Crippen LogP contribution < -0.4 is 15.5 Å². The molecular formula is C27H25F2N5O2. The van der Waals surface area contributed by atoms with Crippen LogP contribution in [0, 0.1) is 18.6 Å². The first-order valence-corrected chi connectivity index (χ1v) is 11.6. The van der Waals surface area contributed by atoms with Gasteiger partial charge < -0.3 is 20.3 Å². The second kappa shape index (κ2) is 9.87. The van der Waals surface area contributed by atoms with Crippen molar-refractivity contribution in [3.63, 3.8) is 0 Å². The number of nitrogens with one attached hydrogen (secondary N) is 2. The highest BCUT2D eigenvalue weighted by molar-refractivity contribution is 5.99. The number of amides is 1. The first kappa shape index (κ1) is 23.6. The molecular weight excluding hydrogens is 464 g/mol. The van der Waals surface area contributed by atoms with Crippen LogP contribution in [0.5, 0.6) is 0 Å². The van der Waals surface area contributed by atoms with E-state index in [1.54, 1.807) is 24.4 Å². The van der Waals surface area contributed by atoms with Crippen LogP contribution >= 0.6 is 0 Å². The lowest BCUT2D eigenvalue weighted by atomic mass is 10.0. The van der Waals surface area contributed by atoms with Gasteiger partial charge in [0, 0.05) is 61.0 Å². The minimum atomic E-state index is -0.720. The Morgan fingerprint density at radius 2 is 1.83 bits per heavy atom. The van der Waals surface area contributed by atoms with Gasteiger partial charge >= 0.3 is 0 Å². The van der Waals surface area contributed by atoms with Crippen molar-refractivity contribution in [2.75, 3.05) is 41.8 Å². The molecule has 3 heterocycles. The Kier molecular flexibility index (Phi) is 6.47. The molecule has 1 aliphatic rings. The molecule has 5 rings (SSSR count). The van der Waals surface area contributed by atoms with Crippen molar-refractivity contribution in [2.45, 2.75) is 13.8 Å². The van der Waals surface area contributed by atoms with Crippen molar-refractivity contribution in [2.24, 2.45) is 0 Å². The zero-order valence-electron chi connectivity index (χ0n) is 19.9. The number of hydrogen-bond donors (Lipinski definition) is 2. The summed E-state index contributed by atoms with van der Waals surface area (Å²) < 4.78 is 34.8. The molecule has 184 valence electrons. The Labute approximate surface area is 207 Å². The number of halogens is 2. The van der Waals surface area contributed by atoms with Crippen LogP contribution in [0.2, 0.25) is 0 Å². The summed E-state index contributed by atoms with van der Waals surface area (Å²) >= 11 is 0. The van der Waals surface area contributed by atoms with Crippen LogP contribution in [0.25, 0.3) is 22.3 Å². The summed E-state index contributed by atoms with van der Waals surface area (Å²) in [5.41, 5.74) is 4.51. The second-order valence-corrected chi connectivity index (χ2v) is 8.63. The summed E-state index contributed by atoms with van der Waals surface area (Å²) in [6, 6.07) is 13.1. The fraction of sp³-hybridized carbons (Fsp3) is 0.222. The number of ether oxygens (including phenoxy) is 1. The molecule has 1 aliphatic heterocycles. The molecule has 1 amide bonds. The number of benzene rings is 2. The maximum Gasteiger partial charge on any atom is 0.221 e. The zero-order valence-corrected chi connectivity index (χ0v) is 19.9. The molecule has 4 aromatic rings. The Balaban J connectivity index is 1.67. The zero-order chi connectivity index (χ0) is 25.2. The van der Waals surface area contributed by atoms with Gasteiger partial charge in [0.25, 0.3) is 0 Å². The van der Waals surface area contributed by atoms with Gasteiger partial charge in [0.1, 0.15) is 11.6 Å². The topological polar surface area (TPSA) is 79.4 Å². The van der Waals surface area contributed by atoms with Crippen LogP contribution in [-0.4, -0.2) is 42.2 Å². The van der Waals surface area contributed by atoms with E-state index in [1.807, 2.05) is 25.1 Å². The van der Waals surface area contributed by atoms with Gasteiger partial charge in [-0.05, 0) is 37.3 Å². The summed E-state index contributed by atoms with van der Waals surface area (Å²) in [5, 5.41) is 6.35. The molecule has 2 N–H and O–H groups in total. The molecule has 7 nitrogen and oxygen atoms in total. The predicted octanol–water partition coefficient (Wildman–Crippen LogP) is 5.42. The van der Waals surface area contributed by atoms with Gasteiger partial charge in [0.2, 0.25) is 5.91 Å². The van der Waals surface area contributed by atoms with Crippen LogP contribution in [-0.2, 0) is 9.53 Å². The van der Waals surface area contributed by atoms with Crippen molar-refractivity contribution >= 4 is 39.6 Å². The molecule has 0 spiro atoms. The number of pyridine rings is 2. The lowest BCUT2D eigenvalue weighted by molar-refractivity contribution is -0.114. The monoisotopic (exact) mass is 489 g/mol. The average molecular weight is 490 g/mol. The standard InChI is InChI=1S/C27H25F2N5O2/c1-16-26(23-5-3-4-6-30-23)33-24-12-18(28)11-22(29)25(24)27(16)32-20-13-19(31-17(2)35)14-21(15-20)34-7-9-36-10-8-34/h3-6,11-15H,7-10H2,1-2H3,(H,31,35)(H,32,33). The summed E-state index contributed by atoms with van der Waals surface area (Å²) in [6.45, 7) is 5.88. The highest BCUT2D eigenvalue weighted by Gasteiger charge is 2.20. The number of carbonyl (C=O) groups excluding carboxylic acids is 1. The fourth-order valence-electron chi connectivity index (χ4n) is 4.42. The van der Waals surface area contributed by atoms with Crippen molar-refractivity contribution in [3.8, 4) is 11.4 Å². The number of nitrogens with zero attached hydrogens (tertiary/aromatic N) is 3. The third kappa shape index (κ3) is 4.83. The maximum absolute atomic E-state index is 15.1. The molecule has 0 saturated carbocycles. The van der Waals surface area contributed by atoms with E-state index in [9.17, 15) is 9.18 Å². The number of hydrogen-bond acceptors (Lipinski definition) is 6. The van der Waals surface area contributed by atoms with E-state index in [0.29, 0.717) is 60.3 Å². The van der Waals surface area contributed by atoms with E-state index in [0.717, 1.165) is 11.8 Å². The van der Waals surface area contributed by atoms with E-state index < -0.39 is 11.6 Å². The van der Waals surface area contributed by atoms with E-state index in [-0.39, 0.29) is 16.8 Å². The lowest BCUT2D eigenvalue weighted by Crippen LogP contribution is -2.36. The number of aromatic nitrogens is 2. The van der Waals surface area contributed by atoms with E-state index in [4.69, 9.17) is 4.74 Å². The number of anilines is 4. The Morgan fingerprint density at radius 3 is 2.56 bits per heavy atom. The van der Waals surface area contributed by atoms with Gasteiger partial charge in [-0.2, -0.15) is 0 Å². The third-order valence-corrected chi connectivity index (χ3v) is 6.04. The summed E-state index contributed by atoms with van der Waals surface area (Å²) in [6.07, 6.45) is 1.64.